The monoisotopic (exact) mass is 501 g/mol. The highest BCUT2D eigenvalue weighted by Crippen LogP contribution is 2.29. The van der Waals surface area contributed by atoms with Crippen LogP contribution in [0.15, 0.2) is 91.3 Å². The summed E-state index contributed by atoms with van der Waals surface area (Å²) >= 11 is 0. The summed E-state index contributed by atoms with van der Waals surface area (Å²) in [6, 6.07) is 22.8. The summed E-state index contributed by atoms with van der Waals surface area (Å²) in [5.74, 6) is -3.03. The number of benzene rings is 3. The number of nitro groups is 1. The van der Waals surface area contributed by atoms with E-state index in [0.717, 1.165) is 29.6 Å². The number of carbonyl (C=O) groups is 2. The lowest BCUT2D eigenvalue weighted by Crippen LogP contribution is -2.35. The van der Waals surface area contributed by atoms with E-state index in [4.69, 9.17) is 0 Å². The number of nitrogens with zero attached hydrogens (tertiary/aromatic N) is 3. The van der Waals surface area contributed by atoms with Gasteiger partial charge in [0.15, 0.2) is 0 Å². The molecule has 12 heteroatoms. The minimum Gasteiger partial charge on any atom is -0.276 e. The van der Waals surface area contributed by atoms with E-state index in [0.29, 0.717) is 0 Å². The molecule has 37 heavy (non-hydrogen) atoms. The third-order valence-corrected chi connectivity index (χ3v) is 5.24. The number of carbonyl (C=O) groups excluding carboxylic acids is 2. The van der Waals surface area contributed by atoms with Crippen LogP contribution in [0.1, 0.15) is 27.4 Å². The van der Waals surface area contributed by atoms with Crippen LogP contribution in [0.5, 0.6) is 0 Å². The average Bonchev–Trinajstić information content (AvgIpc) is 2.92. The second-order valence-corrected chi connectivity index (χ2v) is 7.63. The van der Waals surface area contributed by atoms with Crippen molar-refractivity contribution in [1.29, 1.82) is 0 Å². The molecule has 1 heterocycles. The lowest BCUT2D eigenvalue weighted by molar-refractivity contribution is -0.383. The molecule has 0 aliphatic heterocycles. The van der Waals surface area contributed by atoms with Crippen molar-refractivity contribution in [2.45, 2.75) is 5.92 Å². The Morgan fingerprint density at radius 1 is 0.784 bits per heavy atom. The molecule has 0 atom stereocenters. The van der Waals surface area contributed by atoms with Crippen LogP contribution in [0.25, 0.3) is 0 Å². The maximum atomic E-state index is 13.2. The number of anilines is 2. The van der Waals surface area contributed by atoms with Crippen LogP contribution in [-0.2, 0) is 4.79 Å². The maximum absolute atomic E-state index is 13.2. The summed E-state index contributed by atoms with van der Waals surface area (Å²) in [6.07, 6.45) is 1.01. The van der Waals surface area contributed by atoms with E-state index in [2.05, 4.69) is 31.7 Å². The molecule has 4 aromatic rings. The number of rotatable bonds is 9. The molecule has 0 fully saturated rings. The number of aromatic nitrogens is 2. The van der Waals surface area contributed by atoms with E-state index in [1.807, 2.05) is 12.1 Å². The van der Waals surface area contributed by atoms with E-state index < -0.39 is 34.2 Å². The average molecular weight is 501 g/mol. The Hall–Kier alpha value is -5.39. The van der Waals surface area contributed by atoms with E-state index >= 15 is 0 Å². The molecule has 0 aliphatic carbocycles. The molecule has 0 saturated heterocycles. The lowest BCUT2D eigenvalue weighted by atomic mass is 9.91. The molecule has 1 aromatic heterocycles. The zero-order valence-electron chi connectivity index (χ0n) is 19.1. The van der Waals surface area contributed by atoms with Crippen molar-refractivity contribution < 1.29 is 18.9 Å². The molecule has 4 rings (SSSR count). The summed E-state index contributed by atoms with van der Waals surface area (Å²) < 4.78 is 13.1. The molecule has 0 bridgehead atoms. The van der Waals surface area contributed by atoms with Crippen molar-refractivity contribution in [1.82, 2.24) is 20.8 Å². The SMILES string of the molecule is O=C(NNc1ncnc(NNC(=O)C(c2ccccc2)c2ccccc2)c1[N+](=O)[O-])c1ccc(F)cc1. The van der Waals surface area contributed by atoms with Gasteiger partial charge in [-0.2, -0.15) is 0 Å². The quantitative estimate of drug-likeness (QED) is 0.201. The Balaban J connectivity index is 1.52. The Labute approximate surface area is 209 Å². The van der Waals surface area contributed by atoms with Gasteiger partial charge in [-0.05, 0) is 35.4 Å². The van der Waals surface area contributed by atoms with Crippen molar-refractivity contribution in [3.63, 3.8) is 0 Å². The smallest absolute Gasteiger partial charge is 0.276 e. The first kappa shape index (κ1) is 24.7. The van der Waals surface area contributed by atoms with Crippen LogP contribution >= 0.6 is 0 Å². The summed E-state index contributed by atoms with van der Waals surface area (Å²) in [6.45, 7) is 0. The standard InChI is InChI=1S/C25H20FN7O4/c26-19-13-11-18(12-14-19)24(34)31-29-22-21(33(36)37)23(28-15-27-22)30-32-25(35)20(16-7-3-1-4-8-16)17-9-5-2-6-10-17/h1-15,20H,(H,31,34)(H,32,35)(H2,27,28,29,30). The predicted molar refractivity (Wildman–Crippen MR) is 133 cm³/mol. The van der Waals surface area contributed by atoms with Gasteiger partial charge in [-0.1, -0.05) is 60.7 Å². The van der Waals surface area contributed by atoms with Crippen LogP contribution in [0, 0.1) is 15.9 Å². The van der Waals surface area contributed by atoms with Gasteiger partial charge in [-0.3, -0.25) is 41.4 Å². The van der Waals surface area contributed by atoms with Gasteiger partial charge in [0, 0.05) is 5.56 Å². The molecule has 0 radical (unpaired) electrons. The van der Waals surface area contributed by atoms with Gasteiger partial charge < -0.3 is 0 Å². The minimum absolute atomic E-state index is 0.115. The minimum atomic E-state index is -0.771. The van der Waals surface area contributed by atoms with Crippen molar-refractivity contribution in [3.8, 4) is 0 Å². The fraction of sp³-hybridized carbons (Fsp3) is 0.0400. The predicted octanol–water partition coefficient (Wildman–Crippen LogP) is 3.56. The van der Waals surface area contributed by atoms with Crippen LogP contribution < -0.4 is 21.7 Å². The Kier molecular flexibility index (Phi) is 7.59. The molecular weight excluding hydrogens is 481 g/mol. The molecule has 4 N–H and O–H groups in total. The normalized spacial score (nSPS) is 10.4. The highest BCUT2D eigenvalue weighted by atomic mass is 19.1. The zero-order valence-corrected chi connectivity index (χ0v) is 19.1. The van der Waals surface area contributed by atoms with Crippen molar-refractivity contribution in [3.05, 3.63) is 124 Å². The van der Waals surface area contributed by atoms with Crippen LogP contribution in [0.2, 0.25) is 0 Å². The highest BCUT2D eigenvalue weighted by molar-refractivity contribution is 5.95. The second kappa shape index (κ2) is 11.4. The lowest BCUT2D eigenvalue weighted by Gasteiger charge is -2.18. The first-order valence-corrected chi connectivity index (χ1v) is 10.9. The molecular formula is C25H20FN7O4. The van der Waals surface area contributed by atoms with E-state index in [9.17, 15) is 24.1 Å². The summed E-state index contributed by atoms with van der Waals surface area (Å²) in [5, 5.41) is 11.8. The van der Waals surface area contributed by atoms with Crippen LogP contribution in [-0.4, -0.2) is 26.7 Å². The zero-order chi connectivity index (χ0) is 26.2. The summed E-state index contributed by atoms with van der Waals surface area (Å²) in [4.78, 5) is 44.2. The first-order chi connectivity index (χ1) is 17.9. The molecule has 0 aliphatic rings. The summed E-state index contributed by atoms with van der Waals surface area (Å²) in [7, 11) is 0. The Bertz CT molecular complexity index is 1360. The Morgan fingerprint density at radius 2 is 1.30 bits per heavy atom. The summed E-state index contributed by atoms with van der Waals surface area (Å²) in [5.41, 5.74) is 10.5. The van der Waals surface area contributed by atoms with E-state index in [-0.39, 0.29) is 17.2 Å². The van der Waals surface area contributed by atoms with Gasteiger partial charge in [0.2, 0.25) is 17.5 Å². The van der Waals surface area contributed by atoms with Crippen molar-refractivity contribution in [2.24, 2.45) is 0 Å². The molecule has 2 amide bonds. The van der Waals surface area contributed by atoms with Crippen molar-refractivity contribution >= 4 is 29.1 Å². The van der Waals surface area contributed by atoms with E-state index in [1.165, 1.54) is 12.1 Å². The van der Waals surface area contributed by atoms with Gasteiger partial charge >= 0.3 is 5.69 Å². The van der Waals surface area contributed by atoms with Gasteiger partial charge in [0.05, 0.1) is 10.8 Å². The van der Waals surface area contributed by atoms with Crippen LogP contribution in [0.3, 0.4) is 0 Å². The van der Waals surface area contributed by atoms with Gasteiger partial charge in [0.1, 0.15) is 12.1 Å². The number of amides is 2. The fourth-order valence-electron chi connectivity index (χ4n) is 3.50. The topological polar surface area (TPSA) is 151 Å². The van der Waals surface area contributed by atoms with Crippen LogP contribution in [0.4, 0.5) is 21.7 Å². The molecule has 0 unspecified atom stereocenters. The van der Waals surface area contributed by atoms with E-state index in [1.54, 1.807) is 48.5 Å². The highest BCUT2D eigenvalue weighted by Gasteiger charge is 2.26. The first-order valence-electron chi connectivity index (χ1n) is 10.9. The molecule has 186 valence electrons. The molecule has 0 saturated carbocycles. The molecule has 0 spiro atoms. The largest absolute Gasteiger partial charge is 0.356 e. The van der Waals surface area contributed by atoms with Gasteiger partial charge in [0.25, 0.3) is 5.91 Å². The number of hydrogen-bond donors (Lipinski definition) is 4. The second-order valence-electron chi connectivity index (χ2n) is 7.63. The third kappa shape index (κ3) is 6.00. The van der Waals surface area contributed by atoms with Gasteiger partial charge in [-0.25, -0.2) is 14.4 Å². The maximum Gasteiger partial charge on any atom is 0.356 e. The van der Waals surface area contributed by atoms with Gasteiger partial charge in [-0.15, -0.1) is 0 Å². The number of hydrazine groups is 2. The van der Waals surface area contributed by atoms with Crippen molar-refractivity contribution in [2.75, 3.05) is 10.9 Å². The fourth-order valence-corrected chi connectivity index (χ4v) is 3.50. The number of halogens is 1. The molecule has 11 nitrogen and oxygen atoms in total. The Morgan fingerprint density at radius 3 is 1.81 bits per heavy atom. The number of nitrogens with one attached hydrogen (secondary N) is 4. The number of hydrogen-bond acceptors (Lipinski definition) is 8. The third-order valence-electron chi connectivity index (χ3n) is 5.24. The molecule has 3 aromatic carbocycles.